The molecule has 0 radical (unpaired) electrons. The summed E-state index contributed by atoms with van der Waals surface area (Å²) in [6.45, 7) is 2.73. The first-order valence-electron chi connectivity index (χ1n) is 6.58. The molecule has 5 heteroatoms. The van der Waals surface area contributed by atoms with E-state index in [0.717, 1.165) is 30.8 Å². The molecule has 1 heterocycles. The average Bonchev–Trinajstić information content (AvgIpc) is 2.94. The Morgan fingerprint density at radius 2 is 2.42 bits per heavy atom. The van der Waals surface area contributed by atoms with Crippen molar-refractivity contribution in [3.63, 3.8) is 0 Å². The van der Waals surface area contributed by atoms with Crippen molar-refractivity contribution in [1.29, 1.82) is 0 Å². The number of hydrogen-bond acceptors (Lipinski definition) is 3. The predicted molar refractivity (Wildman–Crippen MR) is 74.0 cm³/mol. The van der Waals surface area contributed by atoms with Crippen LogP contribution in [0.4, 0.5) is 4.79 Å². The van der Waals surface area contributed by atoms with Crippen molar-refractivity contribution in [1.82, 2.24) is 10.2 Å². The molecule has 3 N–H and O–H groups in total. The topological polar surface area (TPSA) is 67.6 Å². The van der Waals surface area contributed by atoms with Gasteiger partial charge in [0.1, 0.15) is 5.75 Å². The van der Waals surface area contributed by atoms with Crippen LogP contribution in [0.1, 0.15) is 12.0 Å². The third-order valence-electron chi connectivity index (χ3n) is 3.48. The molecule has 1 aromatic carbocycles. The Hall–Kier alpha value is -1.75. The molecule has 1 aromatic rings. The lowest BCUT2D eigenvalue weighted by Crippen LogP contribution is -2.38. The molecule has 1 aliphatic rings. The van der Waals surface area contributed by atoms with Crippen LogP contribution in [0.2, 0.25) is 0 Å². The molecule has 0 saturated carbocycles. The molecule has 5 nitrogen and oxygen atoms in total. The maximum absolute atomic E-state index is 12.0. The van der Waals surface area contributed by atoms with Gasteiger partial charge in [-0.2, -0.15) is 0 Å². The van der Waals surface area contributed by atoms with Crippen molar-refractivity contribution in [3.05, 3.63) is 29.8 Å². The van der Waals surface area contributed by atoms with Gasteiger partial charge < -0.3 is 20.7 Å². The number of likely N-dealkylation sites (tertiary alicyclic amines) is 1. The fraction of sp³-hybridized carbons (Fsp3) is 0.500. The number of rotatable bonds is 4. The summed E-state index contributed by atoms with van der Waals surface area (Å²) in [4.78, 5) is 13.8. The highest BCUT2D eigenvalue weighted by molar-refractivity contribution is 5.74. The van der Waals surface area contributed by atoms with Crippen LogP contribution in [-0.4, -0.2) is 37.7 Å². The number of urea groups is 1. The van der Waals surface area contributed by atoms with Crippen LogP contribution in [-0.2, 0) is 6.54 Å². The molecular weight excluding hydrogens is 242 g/mol. The van der Waals surface area contributed by atoms with Gasteiger partial charge in [-0.15, -0.1) is 0 Å². The molecule has 1 atom stereocenters. The number of hydrogen-bond donors (Lipinski definition) is 2. The van der Waals surface area contributed by atoms with Crippen molar-refractivity contribution >= 4 is 6.03 Å². The highest BCUT2D eigenvalue weighted by atomic mass is 16.5. The quantitative estimate of drug-likeness (QED) is 0.857. The largest absolute Gasteiger partial charge is 0.497 e. The second kappa shape index (κ2) is 6.43. The van der Waals surface area contributed by atoms with Crippen molar-refractivity contribution in [2.75, 3.05) is 26.7 Å². The molecule has 1 fully saturated rings. The van der Waals surface area contributed by atoms with Crippen LogP contribution in [0.3, 0.4) is 0 Å². The van der Waals surface area contributed by atoms with E-state index in [-0.39, 0.29) is 6.03 Å². The highest BCUT2D eigenvalue weighted by Gasteiger charge is 2.24. The van der Waals surface area contributed by atoms with E-state index in [0.29, 0.717) is 19.0 Å². The number of nitrogens with two attached hydrogens (primary N) is 1. The third-order valence-corrected chi connectivity index (χ3v) is 3.48. The number of nitrogens with zero attached hydrogens (tertiary/aromatic N) is 1. The van der Waals surface area contributed by atoms with Crippen LogP contribution in [0, 0.1) is 5.92 Å². The maximum atomic E-state index is 12.0. The molecule has 19 heavy (non-hydrogen) atoms. The van der Waals surface area contributed by atoms with E-state index >= 15 is 0 Å². The lowest BCUT2D eigenvalue weighted by atomic mass is 10.1. The minimum Gasteiger partial charge on any atom is -0.497 e. The second-order valence-electron chi connectivity index (χ2n) is 4.85. The predicted octanol–water partition coefficient (Wildman–Crippen LogP) is 1.19. The summed E-state index contributed by atoms with van der Waals surface area (Å²) in [5.74, 6) is 1.25. The van der Waals surface area contributed by atoms with E-state index in [4.69, 9.17) is 10.5 Å². The lowest BCUT2D eigenvalue weighted by Gasteiger charge is -2.17. The minimum atomic E-state index is -0.0150. The van der Waals surface area contributed by atoms with Gasteiger partial charge in [0.15, 0.2) is 0 Å². The number of amides is 2. The Labute approximate surface area is 113 Å². The van der Waals surface area contributed by atoms with E-state index in [2.05, 4.69) is 5.32 Å². The zero-order valence-corrected chi connectivity index (χ0v) is 11.3. The SMILES string of the molecule is COc1cccc(CNC(=O)N2CC[C@@H](CN)C2)c1. The van der Waals surface area contributed by atoms with Gasteiger partial charge in [-0.25, -0.2) is 4.79 Å². The third kappa shape index (κ3) is 3.61. The molecule has 1 saturated heterocycles. The first-order valence-corrected chi connectivity index (χ1v) is 6.58. The number of methoxy groups -OCH3 is 1. The Balaban J connectivity index is 1.83. The van der Waals surface area contributed by atoms with Crippen molar-refractivity contribution in [2.24, 2.45) is 11.7 Å². The molecule has 0 aliphatic carbocycles. The molecule has 2 rings (SSSR count). The van der Waals surface area contributed by atoms with Gasteiger partial charge in [-0.3, -0.25) is 0 Å². The highest BCUT2D eigenvalue weighted by Crippen LogP contribution is 2.15. The molecule has 2 amide bonds. The smallest absolute Gasteiger partial charge is 0.317 e. The van der Waals surface area contributed by atoms with Gasteiger partial charge in [0.25, 0.3) is 0 Å². The number of carbonyl (C=O) groups is 1. The molecule has 104 valence electrons. The first kappa shape index (κ1) is 13.7. The van der Waals surface area contributed by atoms with Gasteiger partial charge in [0.05, 0.1) is 7.11 Å². The van der Waals surface area contributed by atoms with E-state index < -0.39 is 0 Å². The number of benzene rings is 1. The van der Waals surface area contributed by atoms with Crippen LogP contribution in [0.15, 0.2) is 24.3 Å². The molecule has 0 spiro atoms. The van der Waals surface area contributed by atoms with Gasteiger partial charge >= 0.3 is 6.03 Å². The van der Waals surface area contributed by atoms with Crippen molar-refractivity contribution in [3.8, 4) is 5.75 Å². The van der Waals surface area contributed by atoms with Crippen LogP contribution < -0.4 is 15.8 Å². The molecule has 0 aromatic heterocycles. The summed E-state index contributed by atoms with van der Waals surface area (Å²) >= 11 is 0. The van der Waals surface area contributed by atoms with E-state index in [1.165, 1.54) is 0 Å². The summed E-state index contributed by atoms with van der Waals surface area (Å²) in [6, 6.07) is 7.68. The fourth-order valence-corrected chi connectivity index (χ4v) is 2.28. The van der Waals surface area contributed by atoms with Gasteiger partial charge in [-0.1, -0.05) is 12.1 Å². The van der Waals surface area contributed by atoms with E-state index in [9.17, 15) is 4.79 Å². The zero-order chi connectivity index (χ0) is 13.7. The summed E-state index contributed by atoms with van der Waals surface area (Å²) in [6.07, 6.45) is 1.00. The average molecular weight is 263 g/mol. The summed E-state index contributed by atoms with van der Waals surface area (Å²) < 4.78 is 5.15. The lowest BCUT2D eigenvalue weighted by molar-refractivity contribution is 0.206. The Bertz CT molecular complexity index is 436. The Kier molecular flexibility index (Phi) is 4.63. The Morgan fingerprint density at radius 1 is 1.58 bits per heavy atom. The standard InChI is InChI=1S/C14H21N3O2/c1-19-13-4-2-3-11(7-13)9-16-14(18)17-6-5-12(8-15)10-17/h2-4,7,12H,5-6,8-10,15H2,1H3,(H,16,18)/t12-/m0/s1. The Morgan fingerprint density at radius 3 is 3.11 bits per heavy atom. The first-order chi connectivity index (χ1) is 9.22. The maximum Gasteiger partial charge on any atom is 0.317 e. The molecule has 0 unspecified atom stereocenters. The van der Waals surface area contributed by atoms with Gasteiger partial charge in [-0.05, 0) is 36.6 Å². The van der Waals surface area contributed by atoms with Crippen LogP contribution in [0.5, 0.6) is 5.75 Å². The summed E-state index contributed by atoms with van der Waals surface area (Å²) in [5, 5.41) is 2.93. The van der Waals surface area contributed by atoms with Crippen molar-refractivity contribution < 1.29 is 9.53 Å². The zero-order valence-electron chi connectivity index (χ0n) is 11.3. The number of ether oxygens (including phenoxy) is 1. The van der Waals surface area contributed by atoms with E-state index in [1.54, 1.807) is 7.11 Å². The molecule has 0 bridgehead atoms. The second-order valence-corrected chi connectivity index (χ2v) is 4.85. The molecule has 1 aliphatic heterocycles. The van der Waals surface area contributed by atoms with Crippen LogP contribution in [0.25, 0.3) is 0 Å². The monoisotopic (exact) mass is 263 g/mol. The van der Waals surface area contributed by atoms with Crippen LogP contribution >= 0.6 is 0 Å². The summed E-state index contributed by atoms with van der Waals surface area (Å²) in [7, 11) is 1.63. The fourth-order valence-electron chi connectivity index (χ4n) is 2.28. The normalized spacial score (nSPS) is 18.4. The molecular formula is C14H21N3O2. The summed E-state index contributed by atoms with van der Waals surface area (Å²) in [5.41, 5.74) is 6.65. The van der Waals surface area contributed by atoms with Gasteiger partial charge in [0.2, 0.25) is 0 Å². The number of carbonyl (C=O) groups excluding carboxylic acids is 1. The number of nitrogens with one attached hydrogen (secondary N) is 1. The van der Waals surface area contributed by atoms with Gasteiger partial charge in [0, 0.05) is 19.6 Å². The van der Waals surface area contributed by atoms with Crippen molar-refractivity contribution in [2.45, 2.75) is 13.0 Å². The minimum absolute atomic E-state index is 0.0150. The van der Waals surface area contributed by atoms with E-state index in [1.807, 2.05) is 29.2 Å².